The van der Waals surface area contributed by atoms with Gasteiger partial charge in [-0.3, -0.25) is 4.79 Å². The van der Waals surface area contributed by atoms with E-state index in [0.29, 0.717) is 6.42 Å². The molecular formula is C32H63F3N2O. The Labute approximate surface area is 234 Å². The molecule has 0 saturated heterocycles. The van der Waals surface area contributed by atoms with Gasteiger partial charge in [0.1, 0.15) is 0 Å². The molecule has 0 aliphatic heterocycles. The normalized spacial score (nSPS) is 11.9. The van der Waals surface area contributed by atoms with Crippen LogP contribution in [0.4, 0.5) is 13.2 Å². The predicted octanol–water partition coefficient (Wildman–Crippen LogP) is 10.4. The standard InChI is InChI=1S/C32H63F3N2O/c1-3-5-7-9-10-11-12-15-18-21-25-29-37(28-24-8-6-4-2)30-26-22-19-16-13-14-17-20-23-27-36-31(38)32(33,34)35/h3-30H2,1-2H3,(H,36,38). The van der Waals surface area contributed by atoms with Crippen LogP contribution in [-0.4, -0.2) is 43.2 Å². The minimum atomic E-state index is -4.77. The van der Waals surface area contributed by atoms with Crippen LogP contribution in [0.3, 0.4) is 0 Å². The maximum atomic E-state index is 12.1. The molecule has 0 aromatic heterocycles. The number of hydrogen-bond acceptors (Lipinski definition) is 2. The molecule has 0 aromatic carbocycles. The first-order valence-electron chi connectivity index (χ1n) is 16.5. The first-order valence-corrected chi connectivity index (χ1v) is 16.5. The van der Waals surface area contributed by atoms with Crippen molar-refractivity contribution in [2.24, 2.45) is 0 Å². The Morgan fingerprint density at radius 1 is 0.500 bits per heavy atom. The number of carbonyl (C=O) groups is 1. The third kappa shape index (κ3) is 26.8. The first kappa shape index (κ1) is 37.2. The van der Waals surface area contributed by atoms with Crippen LogP contribution in [0.15, 0.2) is 0 Å². The summed E-state index contributed by atoms with van der Waals surface area (Å²) in [6.45, 7) is 8.46. The Bertz CT molecular complexity index is 500. The van der Waals surface area contributed by atoms with Gasteiger partial charge < -0.3 is 10.2 Å². The van der Waals surface area contributed by atoms with Gasteiger partial charge in [-0.2, -0.15) is 13.2 Å². The number of amides is 1. The van der Waals surface area contributed by atoms with Crippen LogP contribution in [0.2, 0.25) is 0 Å². The van der Waals surface area contributed by atoms with E-state index < -0.39 is 12.1 Å². The second-order valence-corrected chi connectivity index (χ2v) is 11.4. The van der Waals surface area contributed by atoms with Gasteiger partial charge in [0.25, 0.3) is 0 Å². The molecule has 228 valence electrons. The highest BCUT2D eigenvalue weighted by molar-refractivity contribution is 5.81. The van der Waals surface area contributed by atoms with Crippen molar-refractivity contribution in [1.82, 2.24) is 10.2 Å². The largest absolute Gasteiger partial charge is 0.471 e. The second kappa shape index (κ2) is 27.8. The monoisotopic (exact) mass is 548 g/mol. The first-order chi connectivity index (χ1) is 18.4. The van der Waals surface area contributed by atoms with E-state index in [1.54, 1.807) is 0 Å². The van der Waals surface area contributed by atoms with Gasteiger partial charge in [0.05, 0.1) is 0 Å². The molecule has 0 bridgehead atoms. The average Bonchev–Trinajstić information content (AvgIpc) is 2.89. The fourth-order valence-electron chi connectivity index (χ4n) is 5.10. The molecule has 0 saturated carbocycles. The van der Waals surface area contributed by atoms with Crippen LogP contribution >= 0.6 is 0 Å². The fourth-order valence-corrected chi connectivity index (χ4v) is 5.10. The van der Waals surface area contributed by atoms with Crippen molar-refractivity contribution < 1.29 is 18.0 Å². The summed E-state index contributed by atoms with van der Waals surface area (Å²) < 4.78 is 36.4. The second-order valence-electron chi connectivity index (χ2n) is 11.4. The molecule has 0 rings (SSSR count). The number of carbonyl (C=O) groups excluding carboxylic acids is 1. The maximum Gasteiger partial charge on any atom is 0.471 e. The SMILES string of the molecule is CCCCCCCCCCCCCN(CCCCCC)CCCCCCCCCCCNC(=O)C(F)(F)F. The Hall–Kier alpha value is -0.780. The molecule has 1 N–H and O–H groups in total. The molecule has 0 aliphatic carbocycles. The number of alkyl halides is 3. The van der Waals surface area contributed by atoms with Crippen molar-refractivity contribution in [3.63, 3.8) is 0 Å². The van der Waals surface area contributed by atoms with E-state index >= 15 is 0 Å². The predicted molar refractivity (Wildman–Crippen MR) is 158 cm³/mol. The Kier molecular flexibility index (Phi) is 27.2. The zero-order chi connectivity index (χ0) is 28.2. The summed E-state index contributed by atoms with van der Waals surface area (Å²) in [6.07, 6.45) is 26.0. The van der Waals surface area contributed by atoms with Crippen molar-refractivity contribution in [3.8, 4) is 0 Å². The Balaban J connectivity index is 3.71. The average molecular weight is 549 g/mol. The molecule has 0 atom stereocenters. The molecule has 0 aromatic rings. The quantitative estimate of drug-likeness (QED) is 0.0943. The van der Waals surface area contributed by atoms with Crippen molar-refractivity contribution in [2.45, 2.75) is 174 Å². The number of rotatable bonds is 29. The molecule has 0 radical (unpaired) electrons. The molecular weight excluding hydrogens is 485 g/mol. The molecule has 3 nitrogen and oxygen atoms in total. The van der Waals surface area contributed by atoms with E-state index in [4.69, 9.17) is 0 Å². The highest BCUT2D eigenvalue weighted by atomic mass is 19.4. The summed E-state index contributed by atoms with van der Waals surface area (Å²) in [5.74, 6) is -1.82. The number of unbranched alkanes of at least 4 members (excludes halogenated alkanes) is 21. The number of hydrogen-bond donors (Lipinski definition) is 1. The van der Waals surface area contributed by atoms with Crippen LogP contribution in [0.25, 0.3) is 0 Å². The highest BCUT2D eigenvalue weighted by Gasteiger charge is 2.38. The van der Waals surface area contributed by atoms with E-state index in [-0.39, 0.29) is 6.54 Å². The van der Waals surface area contributed by atoms with Gasteiger partial charge in [-0.15, -0.1) is 0 Å². The molecule has 0 spiro atoms. The Morgan fingerprint density at radius 3 is 1.13 bits per heavy atom. The van der Waals surface area contributed by atoms with Crippen LogP contribution < -0.4 is 5.32 Å². The third-order valence-electron chi connectivity index (χ3n) is 7.60. The molecule has 38 heavy (non-hydrogen) atoms. The lowest BCUT2D eigenvalue weighted by Gasteiger charge is -2.22. The zero-order valence-corrected chi connectivity index (χ0v) is 25.3. The van der Waals surface area contributed by atoms with E-state index in [9.17, 15) is 18.0 Å². The summed E-state index contributed by atoms with van der Waals surface area (Å²) in [5, 5.41) is 1.94. The smallest absolute Gasteiger partial charge is 0.348 e. The zero-order valence-electron chi connectivity index (χ0n) is 25.3. The van der Waals surface area contributed by atoms with E-state index in [2.05, 4.69) is 18.7 Å². The van der Waals surface area contributed by atoms with E-state index in [0.717, 1.165) is 19.3 Å². The van der Waals surface area contributed by atoms with Crippen molar-refractivity contribution in [3.05, 3.63) is 0 Å². The van der Waals surface area contributed by atoms with Crippen LogP contribution in [0, 0.1) is 0 Å². The molecule has 0 fully saturated rings. The lowest BCUT2D eigenvalue weighted by Crippen LogP contribution is -2.37. The summed E-state index contributed by atoms with van der Waals surface area (Å²) in [6, 6.07) is 0. The van der Waals surface area contributed by atoms with E-state index in [1.165, 1.54) is 148 Å². The third-order valence-corrected chi connectivity index (χ3v) is 7.60. The lowest BCUT2D eigenvalue weighted by atomic mass is 10.1. The number of halogens is 3. The van der Waals surface area contributed by atoms with Gasteiger partial charge in [-0.05, 0) is 45.3 Å². The minimum absolute atomic E-state index is 0.118. The molecule has 6 heteroatoms. The Morgan fingerprint density at radius 2 is 0.789 bits per heavy atom. The van der Waals surface area contributed by atoms with E-state index in [1.807, 2.05) is 5.32 Å². The van der Waals surface area contributed by atoms with Crippen molar-refractivity contribution in [1.29, 1.82) is 0 Å². The van der Waals surface area contributed by atoms with Crippen LogP contribution in [0.5, 0.6) is 0 Å². The highest BCUT2D eigenvalue weighted by Crippen LogP contribution is 2.15. The van der Waals surface area contributed by atoms with Gasteiger partial charge in [0.2, 0.25) is 0 Å². The summed E-state index contributed by atoms with van der Waals surface area (Å²) in [5.41, 5.74) is 0. The van der Waals surface area contributed by atoms with Gasteiger partial charge in [-0.25, -0.2) is 0 Å². The van der Waals surface area contributed by atoms with Gasteiger partial charge in [0, 0.05) is 6.54 Å². The number of nitrogens with one attached hydrogen (secondary N) is 1. The minimum Gasteiger partial charge on any atom is -0.348 e. The molecule has 1 amide bonds. The summed E-state index contributed by atoms with van der Waals surface area (Å²) in [4.78, 5) is 13.5. The van der Waals surface area contributed by atoms with Gasteiger partial charge in [0.15, 0.2) is 0 Å². The van der Waals surface area contributed by atoms with Crippen molar-refractivity contribution in [2.75, 3.05) is 26.2 Å². The molecule has 0 heterocycles. The maximum absolute atomic E-state index is 12.1. The van der Waals surface area contributed by atoms with Crippen molar-refractivity contribution >= 4 is 5.91 Å². The molecule has 0 aliphatic rings. The van der Waals surface area contributed by atoms with Gasteiger partial charge in [-0.1, -0.05) is 142 Å². The topological polar surface area (TPSA) is 32.3 Å². The van der Waals surface area contributed by atoms with Crippen LogP contribution in [0.1, 0.15) is 168 Å². The number of nitrogens with zero attached hydrogens (tertiary/aromatic N) is 1. The fraction of sp³-hybridized carbons (Fsp3) is 0.969. The summed E-state index contributed by atoms with van der Waals surface area (Å²) >= 11 is 0. The van der Waals surface area contributed by atoms with Crippen LogP contribution in [-0.2, 0) is 4.79 Å². The molecule has 0 unspecified atom stereocenters. The van der Waals surface area contributed by atoms with Gasteiger partial charge >= 0.3 is 12.1 Å². The lowest BCUT2D eigenvalue weighted by molar-refractivity contribution is -0.173. The summed E-state index contributed by atoms with van der Waals surface area (Å²) in [7, 11) is 0.